The minimum Gasteiger partial charge on any atom is -0.497 e. The molecule has 148 valence electrons. The molecule has 0 saturated heterocycles. The molecule has 0 fully saturated rings. The van der Waals surface area contributed by atoms with E-state index in [9.17, 15) is 4.79 Å². The summed E-state index contributed by atoms with van der Waals surface area (Å²) in [5.74, 6) is 1.86. The highest BCUT2D eigenvalue weighted by molar-refractivity contribution is 5.93. The molecular weight excluding hydrogens is 378 g/mol. The van der Waals surface area contributed by atoms with Gasteiger partial charge in [-0.3, -0.25) is 9.97 Å². The molecule has 0 aliphatic carbocycles. The molecule has 3 heterocycles. The number of imidazole rings is 1. The number of hydrogen-bond acceptors (Lipinski definition) is 5. The second-order valence-electron chi connectivity index (χ2n) is 6.98. The Kier molecular flexibility index (Phi) is 4.48. The van der Waals surface area contributed by atoms with Crippen molar-refractivity contribution in [1.29, 1.82) is 0 Å². The number of fused-ring (bicyclic) bond motifs is 2. The van der Waals surface area contributed by atoms with Crippen LogP contribution in [0.15, 0.2) is 71.8 Å². The van der Waals surface area contributed by atoms with Gasteiger partial charge in [0, 0.05) is 23.7 Å². The first-order chi connectivity index (χ1) is 14.7. The van der Waals surface area contributed by atoms with Crippen LogP contribution in [0.2, 0.25) is 0 Å². The van der Waals surface area contributed by atoms with E-state index in [0.717, 1.165) is 39.9 Å². The van der Waals surface area contributed by atoms with Crippen molar-refractivity contribution in [1.82, 2.24) is 24.5 Å². The minimum absolute atomic E-state index is 0.396. The number of hydrogen-bond donors (Lipinski definition) is 1. The SMILES string of the molecule is COc1ccc(CCn2c(-c3cccc4ncccc34)cnc3[nH]c(=O)nc2-3)cc1. The van der Waals surface area contributed by atoms with Crippen LogP contribution in [-0.2, 0) is 13.0 Å². The predicted molar refractivity (Wildman–Crippen MR) is 115 cm³/mol. The third kappa shape index (κ3) is 3.20. The fourth-order valence-corrected chi connectivity index (χ4v) is 3.72. The largest absolute Gasteiger partial charge is 0.497 e. The van der Waals surface area contributed by atoms with E-state index in [-0.39, 0.29) is 0 Å². The van der Waals surface area contributed by atoms with Crippen molar-refractivity contribution >= 4 is 10.9 Å². The van der Waals surface area contributed by atoms with E-state index >= 15 is 0 Å². The summed E-state index contributed by atoms with van der Waals surface area (Å²) in [7, 11) is 1.65. The van der Waals surface area contributed by atoms with E-state index in [0.29, 0.717) is 18.2 Å². The van der Waals surface area contributed by atoms with Crippen LogP contribution in [0.25, 0.3) is 33.8 Å². The van der Waals surface area contributed by atoms with Crippen molar-refractivity contribution in [3.63, 3.8) is 0 Å². The summed E-state index contributed by atoms with van der Waals surface area (Å²) in [6.45, 7) is 0.641. The van der Waals surface area contributed by atoms with Crippen LogP contribution >= 0.6 is 0 Å². The standard InChI is InChI=1S/C23H19N5O2/c1-30-16-9-7-15(8-10-16)11-13-28-20(14-25-21-22(28)27-23(29)26-21)18-4-2-6-19-17(18)5-3-12-24-19/h2-10,12,14H,11,13H2,1H3,(H,25,26,29). The lowest BCUT2D eigenvalue weighted by Crippen LogP contribution is -2.11. The number of pyridine rings is 1. The lowest BCUT2D eigenvalue weighted by Gasteiger charge is -2.18. The number of nitrogens with zero attached hydrogens (tertiary/aromatic N) is 4. The van der Waals surface area contributed by atoms with Gasteiger partial charge in [0.2, 0.25) is 0 Å². The van der Waals surface area contributed by atoms with E-state index < -0.39 is 5.69 Å². The summed E-state index contributed by atoms with van der Waals surface area (Å²) in [5.41, 5.74) is 3.56. The highest BCUT2D eigenvalue weighted by atomic mass is 16.5. The van der Waals surface area contributed by atoms with Crippen molar-refractivity contribution in [2.75, 3.05) is 7.11 Å². The van der Waals surface area contributed by atoms with Gasteiger partial charge in [-0.1, -0.05) is 30.3 Å². The molecular formula is C23H19N5O2. The number of aromatic nitrogens is 5. The molecule has 1 aromatic heterocycles. The lowest BCUT2D eigenvalue weighted by atomic mass is 10.0. The lowest BCUT2D eigenvalue weighted by molar-refractivity contribution is 0.414. The Bertz CT molecular complexity index is 1350. The minimum atomic E-state index is -0.396. The van der Waals surface area contributed by atoms with Crippen LogP contribution in [0.3, 0.4) is 0 Å². The summed E-state index contributed by atoms with van der Waals surface area (Å²) in [6.07, 6.45) is 4.34. The molecule has 0 bridgehead atoms. The van der Waals surface area contributed by atoms with Gasteiger partial charge in [-0.15, -0.1) is 0 Å². The van der Waals surface area contributed by atoms with Crippen LogP contribution in [0.4, 0.5) is 0 Å². The number of benzene rings is 2. The second kappa shape index (κ2) is 7.44. The quantitative estimate of drug-likeness (QED) is 0.490. The van der Waals surface area contributed by atoms with Gasteiger partial charge in [-0.05, 0) is 36.2 Å². The Morgan fingerprint density at radius 1 is 1.03 bits per heavy atom. The van der Waals surface area contributed by atoms with Gasteiger partial charge in [-0.25, -0.2) is 9.78 Å². The molecule has 2 aromatic carbocycles. The molecule has 0 saturated carbocycles. The fourth-order valence-electron chi connectivity index (χ4n) is 3.72. The number of nitrogens with one attached hydrogen (secondary N) is 1. The number of aromatic amines is 1. The molecule has 1 N–H and O–H groups in total. The smallest absolute Gasteiger partial charge is 0.348 e. The van der Waals surface area contributed by atoms with E-state index in [4.69, 9.17) is 4.74 Å². The summed E-state index contributed by atoms with van der Waals surface area (Å²) in [5, 5.41) is 1.03. The van der Waals surface area contributed by atoms with Crippen LogP contribution in [-0.4, -0.2) is 31.6 Å². The van der Waals surface area contributed by atoms with Gasteiger partial charge in [0.1, 0.15) is 5.75 Å². The van der Waals surface area contributed by atoms with E-state index in [1.807, 2.05) is 59.2 Å². The molecule has 0 spiro atoms. The molecule has 7 heteroatoms. The van der Waals surface area contributed by atoms with E-state index in [2.05, 4.69) is 19.9 Å². The molecule has 0 amide bonds. The maximum atomic E-state index is 11.9. The highest BCUT2D eigenvalue weighted by Crippen LogP contribution is 2.30. The van der Waals surface area contributed by atoms with Crippen molar-refractivity contribution in [3.8, 4) is 28.7 Å². The zero-order valence-corrected chi connectivity index (χ0v) is 16.4. The van der Waals surface area contributed by atoms with Crippen molar-refractivity contribution in [2.45, 2.75) is 13.0 Å². The third-order valence-corrected chi connectivity index (χ3v) is 5.21. The average Bonchev–Trinajstić information content (AvgIpc) is 3.18. The Morgan fingerprint density at radius 2 is 1.90 bits per heavy atom. The van der Waals surface area contributed by atoms with Crippen molar-refractivity contribution in [3.05, 3.63) is 83.0 Å². The van der Waals surface area contributed by atoms with E-state index in [1.54, 1.807) is 19.5 Å². The Hall–Kier alpha value is -4.00. The summed E-state index contributed by atoms with van der Waals surface area (Å²) in [4.78, 5) is 27.7. The number of H-pyrrole nitrogens is 1. The van der Waals surface area contributed by atoms with Gasteiger partial charge in [0.25, 0.3) is 0 Å². The second-order valence-corrected chi connectivity index (χ2v) is 6.98. The molecule has 3 aromatic rings. The normalized spacial score (nSPS) is 11.2. The maximum Gasteiger partial charge on any atom is 0.348 e. The van der Waals surface area contributed by atoms with Gasteiger partial charge in [0.15, 0.2) is 11.6 Å². The van der Waals surface area contributed by atoms with Crippen molar-refractivity contribution in [2.24, 2.45) is 0 Å². The first-order valence-electron chi connectivity index (χ1n) is 9.65. The number of rotatable bonds is 5. The first kappa shape index (κ1) is 18.1. The van der Waals surface area contributed by atoms with Crippen molar-refractivity contribution < 1.29 is 4.74 Å². The number of aryl methyl sites for hydroxylation is 1. The fraction of sp³-hybridized carbons (Fsp3) is 0.130. The van der Waals surface area contributed by atoms with Gasteiger partial charge < -0.3 is 9.30 Å². The first-order valence-corrected chi connectivity index (χ1v) is 9.65. The Morgan fingerprint density at radius 3 is 2.73 bits per heavy atom. The molecule has 2 aliphatic heterocycles. The molecule has 0 radical (unpaired) electrons. The molecule has 30 heavy (non-hydrogen) atoms. The van der Waals surface area contributed by atoms with Gasteiger partial charge in [0.05, 0.1) is 24.5 Å². The van der Waals surface area contributed by atoms with Crippen LogP contribution < -0.4 is 10.4 Å². The van der Waals surface area contributed by atoms with Crippen LogP contribution in [0, 0.1) is 0 Å². The van der Waals surface area contributed by atoms with Gasteiger partial charge in [-0.2, -0.15) is 4.98 Å². The molecule has 5 rings (SSSR count). The number of ether oxygens (including phenoxy) is 1. The van der Waals surface area contributed by atoms with Gasteiger partial charge >= 0.3 is 5.69 Å². The highest BCUT2D eigenvalue weighted by Gasteiger charge is 2.18. The van der Waals surface area contributed by atoms with Crippen LogP contribution in [0.5, 0.6) is 5.75 Å². The van der Waals surface area contributed by atoms with Crippen LogP contribution in [0.1, 0.15) is 5.56 Å². The summed E-state index contributed by atoms with van der Waals surface area (Å²) < 4.78 is 7.29. The molecule has 2 aliphatic rings. The summed E-state index contributed by atoms with van der Waals surface area (Å²) >= 11 is 0. The Balaban J connectivity index is 1.63. The Labute approximate surface area is 172 Å². The molecule has 7 nitrogen and oxygen atoms in total. The summed E-state index contributed by atoms with van der Waals surface area (Å²) in [6, 6.07) is 18.0. The zero-order chi connectivity index (χ0) is 20.5. The number of methoxy groups -OCH3 is 1. The average molecular weight is 397 g/mol. The zero-order valence-electron chi connectivity index (χ0n) is 16.4. The third-order valence-electron chi connectivity index (χ3n) is 5.21. The molecule has 0 unspecified atom stereocenters. The predicted octanol–water partition coefficient (Wildman–Crippen LogP) is 3.54. The molecule has 0 atom stereocenters. The monoisotopic (exact) mass is 397 g/mol. The topological polar surface area (TPSA) is 85.7 Å². The van der Waals surface area contributed by atoms with E-state index in [1.165, 1.54) is 0 Å². The maximum absolute atomic E-state index is 11.9.